The first kappa shape index (κ1) is 17.7. The molecule has 1 N–H and O–H groups in total. The van der Waals surface area contributed by atoms with Crippen LogP contribution in [-0.4, -0.2) is 23.5 Å². The third kappa shape index (κ3) is 5.50. The molecule has 1 aromatic carbocycles. The monoisotopic (exact) mass is 355 g/mol. The second-order valence-corrected chi connectivity index (χ2v) is 7.06. The Kier molecular flexibility index (Phi) is 5.96. The van der Waals surface area contributed by atoms with Crippen LogP contribution in [-0.2, 0) is 9.53 Å². The van der Waals surface area contributed by atoms with E-state index in [1.165, 1.54) is 0 Å². The van der Waals surface area contributed by atoms with E-state index in [4.69, 9.17) is 4.74 Å². The molecular weight excluding hydrogens is 334 g/mol. The van der Waals surface area contributed by atoms with Gasteiger partial charge in [0.1, 0.15) is 11.6 Å². The third-order valence-electron chi connectivity index (χ3n) is 2.73. The molecule has 1 rings (SSSR count). The van der Waals surface area contributed by atoms with Crippen LogP contribution in [0.2, 0.25) is 0 Å². The molecule has 0 bridgehead atoms. The number of benzene rings is 1. The van der Waals surface area contributed by atoms with Crippen molar-refractivity contribution in [1.82, 2.24) is 5.32 Å². The molecule has 0 fully saturated rings. The molecule has 1 atom stereocenters. The van der Waals surface area contributed by atoms with Crippen LogP contribution in [0.3, 0.4) is 0 Å². The Bertz CT molecular complexity index is 520. The van der Waals surface area contributed by atoms with Crippen LogP contribution in [0.5, 0.6) is 0 Å². The van der Waals surface area contributed by atoms with Gasteiger partial charge in [0.15, 0.2) is 0 Å². The topological polar surface area (TPSA) is 55.4 Å². The third-order valence-corrected chi connectivity index (χ3v) is 3.42. The maximum atomic E-state index is 12.3. The van der Waals surface area contributed by atoms with E-state index >= 15 is 0 Å². The fourth-order valence-electron chi connectivity index (χ4n) is 1.73. The van der Waals surface area contributed by atoms with Crippen molar-refractivity contribution in [3.05, 3.63) is 34.3 Å². The van der Waals surface area contributed by atoms with Gasteiger partial charge in [-0.05, 0) is 54.8 Å². The SMILES string of the molecule is CC(C)[C@@H](NC(=O)c1ccccc1Br)C(=O)OC(C)(C)C. The average Bonchev–Trinajstić information content (AvgIpc) is 2.33. The fourth-order valence-corrected chi connectivity index (χ4v) is 2.19. The van der Waals surface area contributed by atoms with Crippen LogP contribution in [0.4, 0.5) is 0 Å². The Hall–Kier alpha value is -1.36. The molecule has 0 heterocycles. The van der Waals surface area contributed by atoms with Crippen molar-refractivity contribution in [2.24, 2.45) is 5.92 Å². The van der Waals surface area contributed by atoms with E-state index in [9.17, 15) is 9.59 Å². The first-order valence-electron chi connectivity index (χ1n) is 6.90. The predicted molar refractivity (Wildman–Crippen MR) is 86.1 cm³/mol. The number of carbonyl (C=O) groups excluding carboxylic acids is 2. The maximum absolute atomic E-state index is 12.3. The summed E-state index contributed by atoms with van der Waals surface area (Å²) in [5.74, 6) is -0.781. The van der Waals surface area contributed by atoms with Crippen molar-refractivity contribution < 1.29 is 14.3 Å². The van der Waals surface area contributed by atoms with E-state index in [1.807, 2.05) is 19.9 Å². The Labute approximate surface area is 134 Å². The van der Waals surface area contributed by atoms with E-state index < -0.39 is 17.6 Å². The summed E-state index contributed by atoms with van der Waals surface area (Å²) in [5.41, 5.74) is -0.0887. The van der Waals surface area contributed by atoms with Gasteiger partial charge in [-0.25, -0.2) is 4.79 Å². The molecule has 0 aliphatic carbocycles. The summed E-state index contributed by atoms with van der Waals surface area (Å²) in [4.78, 5) is 24.5. The molecule has 116 valence electrons. The molecule has 0 aliphatic heterocycles. The number of halogens is 1. The Morgan fingerprint density at radius 1 is 1.19 bits per heavy atom. The zero-order valence-electron chi connectivity index (χ0n) is 13.1. The molecule has 5 heteroatoms. The number of hydrogen-bond acceptors (Lipinski definition) is 3. The van der Waals surface area contributed by atoms with Crippen molar-refractivity contribution in [1.29, 1.82) is 0 Å². The summed E-state index contributed by atoms with van der Waals surface area (Å²) >= 11 is 3.33. The van der Waals surface area contributed by atoms with Crippen LogP contribution in [0.1, 0.15) is 45.0 Å². The standard InChI is InChI=1S/C16H22BrNO3/c1-10(2)13(15(20)21-16(3,4)5)18-14(19)11-8-6-7-9-12(11)17/h6-10,13H,1-5H3,(H,18,19)/t13-/m1/s1. The van der Waals surface area contributed by atoms with Crippen molar-refractivity contribution in [3.8, 4) is 0 Å². The second kappa shape index (κ2) is 7.07. The minimum Gasteiger partial charge on any atom is -0.458 e. The van der Waals surface area contributed by atoms with Crippen LogP contribution >= 0.6 is 15.9 Å². The molecule has 1 aromatic rings. The van der Waals surface area contributed by atoms with Gasteiger partial charge < -0.3 is 10.1 Å². The highest BCUT2D eigenvalue weighted by Crippen LogP contribution is 2.17. The lowest BCUT2D eigenvalue weighted by atomic mass is 10.0. The van der Waals surface area contributed by atoms with Gasteiger partial charge in [0.05, 0.1) is 5.56 Å². The maximum Gasteiger partial charge on any atom is 0.329 e. The zero-order valence-corrected chi connectivity index (χ0v) is 14.7. The van der Waals surface area contributed by atoms with Gasteiger partial charge in [-0.1, -0.05) is 26.0 Å². The number of esters is 1. The number of hydrogen-bond donors (Lipinski definition) is 1. The Morgan fingerprint density at radius 3 is 2.24 bits per heavy atom. The number of carbonyl (C=O) groups is 2. The minimum atomic E-state index is -0.677. The molecule has 0 aliphatic rings. The molecule has 0 spiro atoms. The zero-order chi connectivity index (χ0) is 16.2. The van der Waals surface area contributed by atoms with Crippen LogP contribution in [0, 0.1) is 5.92 Å². The van der Waals surface area contributed by atoms with E-state index in [-0.39, 0.29) is 11.8 Å². The van der Waals surface area contributed by atoms with Gasteiger partial charge in [-0.3, -0.25) is 4.79 Å². The van der Waals surface area contributed by atoms with Crippen molar-refractivity contribution in [3.63, 3.8) is 0 Å². The van der Waals surface area contributed by atoms with E-state index in [0.717, 1.165) is 0 Å². The molecule has 0 aromatic heterocycles. The highest BCUT2D eigenvalue weighted by atomic mass is 79.9. The molecule has 0 radical (unpaired) electrons. The lowest BCUT2D eigenvalue weighted by molar-refractivity contribution is -0.158. The van der Waals surface area contributed by atoms with Gasteiger partial charge >= 0.3 is 5.97 Å². The van der Waals surface area contributed by atoms with Crippen molar-refractivity contribution in [2.75, 3.05) is 0 Å². The van der Waals surface area contributed by atoms with Crippen LogP contribution < -0.4 is 5.32 Å². The van der Waals surface area contributed by atoms with Gasteiger partial charge in [0.2, 0.25) is 0 Å². The van der Waals surface area contributed by atoms with E-state index in [2.05, 4.69) is 21.2 Å². The Balaban J connectivity index is 2.87. The van der Waals surface area contributed by atoms with Crippen LogP contribution in [0.15, 0.2) is 28.7 Å². The summed E-state index contributed by atoms with van der Waals surface area (Å²) in [6.07, 6.45) is 0. The van der Waals surface area contributed by atoms with Gasteiger partial charge in [0, 0.05) is 4.47 Å². The summed E-state index contributed by atoms with van der Waals surface area (Å²) in [7, 11) is 0. The number of rotatable bonds is 4. The number of amides is 1. The quantitative estimate of drug-likeness (QED) is 0.840. The normalized spacial score (nSPS) is 12.9. The predicted octanol–water partition coefficient (Wildman–Crippen LogP) is 3.55. The van der Waals surface area contributed by atoms with Gasteiger partial charge in [0.25, 0.3) is 5.91 Å². The molecular formula is C16H22BrNO3. The first-order valence-corrected chi connectivity index (χ1v) is 7.69. The van der Waals surface area contributed by atoms with Crippen molar-refractivity contribution in [2.45, 2.75) is 46.3 Å². The molecule has 0 unspecified atom stereocenters. The molecule has 4 nitrogen and oxygen atoms in total. The summed E-state index contributed by atoms with van der Waals surface area (Å²) in [6, 6.07) is 6.41. The van der Waals surface area contributed by atoms with Crippen LogP contribution in [0.25, 0.3) is 0 Å². The first-order chi connectivity index (χ1) is 9.61. The molecule has 0 saturated carbocycles. The minimum absolute atomic E-state index is 0.0636. The second-order valence-electron chi connectivity index (χ2n) is 6.21. The summed E-state index contributed by atoms with van der Waals surface area (Å²) < 4.78 is 6.05. The van der Waals surface area contributed by atoms with Gasteiger partial charge in [-0.15, -0.1) is 0 Å². The largest absolute Gasteiger partial charge is 0.458 e. The summed E-state index contributed by atoms with van der Waals surface area (Å²) in [6.45, 7) is 9.15. The highest BCUT2D eigenvalue weighted by molar-refractivity contribution is 9.10. The van der Waals surface area contributed by atoms with Crippen molar-refractivity contribution >= 4 is 27.8 Å². The number of nitrogens with one attached hydrogen (secondary N) is 1. The van der Waals surface area contributed by atoms with E-state index in [0.29, 0.717) is 10.0 Å². The Morgan fingerprint density at radius 2 is 1.76 bits per heavy atom. The molecule has 0 saturated heterocycles. The van der Waals surface area contributed by atoms with Gasteiger partial charge in [-0.2, -0.15) is 0 Å². The van der Waals surface area contributed by atoms with E-state index in [1.54, 1.807) is 39.0 Å². The fraction of sp³-hybridized carbons (Fsp3) is 0.500. The lowest BCUT2D eigenvalue weighted by Gasteiger charge is -2.26. The highest BCUT2D eigenvalue weighted by Gasteiger charge is 2.29. The molecule has 21 heavy (non-hydrogen) atoms. The number of ether oxygens (including phenoxy) is 1. The smallest absolute Gasteiger partial charge is 0.329 e. The lowest BCUT2D eigenvalue weighted by Crippen LogP contribution is -2.47. The summed E-state index contributed by atoms with van der Waals surface area (Å²) in [5, 5.41) is 2.75. The average molecular weight is 356 g/mol. The molecule has 1 amide bonds.